The van der Waals surface area contributed by atoms with E-state index in [1.54, 1.807) is 12.7 Å². The zero-order valence-electron chi connectivity index (χ0n) is 15.4. The van der Waals surface area contributed by atoms with Crippen LogP contribution >= 0.6 is 0 Å². The highest BCUT2D eigenvalue weighted by Gasteiger charge is 2.18. The van der Waals surface area contributed by atoms with Gasteiger partial charge in [-0.3, -0.25) is 4.99 Å². The quantitative estimate of drug-likeness (QED) is 0.414. The largest absolute Gasteiger partial charge is 0.357 e. The Bertz CT molecular complexity index is 456. The molecular weight excluding hydrogens is 300 g/mol. The predicted molar refractivity (Wildman–Crippen MR) is 99.0 cm³/mol. The highest BCUT2D eigenvalue weighted by molar-refractivity contribution is 5.79. The van der Waals surface area contributed by atoms with Crippen LogP contribution in [0.4, 0.5) is 0 Å². The highest BCUT2D eigenvalue weighted by Crippen LogP contribution is 2.30. The van der Waals surface area contributed by atoms with Crippen LogP contribution in [0.2, 0.25) is 0 Å². The Morgan fingerprint density at radius 2 is 2.04 bits per heavy atom. The number of aryl methyl sites for hydroxylation is 1. The summed E-state index contributed by atoms with van der Waals surface area (Å²) in [4.78, 5) is 4.68. The monoisotopic (exact) mass is 334 g/mol. The summed E-state index contributed by atoms with van der Waals surface area (Å²) < 4.78 is 2.01. The van der Waals surface area contributed by atoms with Gasteiger partial charge in [-0.1, -0.05) is 26.2 Å². The molecule has 2 unspecified atom stereocenters. The van der Waals surface area contributed by atoms with Gasteiger partial charge < -0.3 is 15.2 Å². The number of aliphatic imine (C=N–C) groups is 1. The lowest BCUT2D eigenvalue weighted by Crippen LogP contribution is -2.38. The molecule has 0 bridgehead atoms. The van der Waals surface area contributed by atoms with Crippen molar-refractivity contribution in [1.29, 1.82) is 0 Å². The van der Waals surface area contributed by atoms with Crippen LogP contribution in [0, 0.1) is 11.8 Å². The molecule has 2 N–H and O–H groups in total. The minimum atomic E-state index is 0.859. The predicted octanol–water partition coefficient (Wildman–Crippen LogP) is 2.83. The lowest BCUT2D eigenvalue weighted by Gasteiger charge is -2.26. The Morgan fingerprint density at radius 3 is 2.79 bits per heavy atom. The summed E-state index contributed by atoms with van der Waals surface area (Å²) in [5.41, 5.74) is 0. The Balaban J connectivity index is 1.60. The van der Waals surface area contributed by atoms with Crippen molar-refractivity contribution in [2.75, 3.05) is 19.6 Å². The van der Waals surface area contributed by atoms with E-state index in [-0.39, 0.29) is 0 Å². The number of nitrogens with zero attached hydrogens (tertiary/aromatic N) is 4. The second-order valence-electron chi connectivity index (χ2n) is 7.02. The van der Waals surface area contributed by atoms with Gasteiger partial charge in [0.05, 0.1) is 0 Å². The number of aromatic nitrogens is 3. The van der Waals surface area contributed by atoms with Crippen LogP contribution in [0.3, 0.4) is 0 Å². The molecule has 2 rings (SSSR count). The molecule has 1 aromatic rings. The van der Waals surface area contributed by atoms with Crippen LogP contribution < -0.4 is 10.6 Å². The zero-order chi connectivity index (χ0) is 17.0. The van der Waals surface area contributed by atoms with E-state index in [4.69, 9.17) is 0 Å². The van der Waals surface area contributed by atoms with Gasteiger partial charge in [0, 0.05) is 26.2 Å². The van der Waals surface area contributed by atoms with Gasteiger partial charge in [-0.15, -0.1) is 10.2 Å². The molecule has 0 radical (unpaired) electrons. The van der Waals surface area contributed by atoms with Gasteiger partial charge in [-0.2, -0.15) is 0 Å². The molecular formula is C18H34N6. The Labute approximate surface area is 146 Å². The van der Waals surface area contributed by atoms with Crippen LogP contribution in [0.1, 0.15) is 58.8 Å². The molecule has 0 amide bonds. The maximum Gasteiger partial charge on any atom is 0.191 e. The van der Waals surface area contributed by atoms with Crippen LogP contribution in [-0.2, 0) is 6.54 Å². The van der Waals surface area contributed by atoms with Crippen LogP contribution in [0.15, 0.2) is 17.6 Å². The Morgan fingerprint density at radius 1 is 1.21 bits per heavy atom. The van der Waals surface area contributed by atoms with E-state index in [2.05, 4.69) is 39.7 Å². The fourth-order valence-corrected chi connectivity index (χ4v) is 3.49. The second kappa shape index (κ2) is 11.0. The maximum absolute atomic E-state index is 4.68. The van der Waals surface area contributed by atoms with Crippen LogP contribution in [0.5, 0.6) is 0 Å². The number of hydrogen-bond donors (Lipinski definition) is 2. The topological polar surface area (TPSA) is 67.1 Å². The third kappa shape index (κ3) is 7.32. The van der Waals surface area contributed by atoms with Crippen molar-refractivity contribution in [2.45, 2.75) is 65.3 Å². The summed E-state index contributed by atoms with van der Waals surface area (Å²) in [5.74, 6) is 2.77. The summed E-state index contributed by atoms with van der Waals surface area (Å²) in [7, 11) is 0. The highest BCUT2D eigenvalue weighted by atomic mass is 15.2. The molecule has 1 heterocycles. The molecule has 0 spiro atoms. The minimum Gasteiger partial charge on any atom is -0.357 e. The molecule has 1 aliphatic rings. The summed E-state index contributed by atoms with van der Waals surface area (Å²) in [6, 6.07) is 0. The molecule has 0 saturated heterocycles. The number of unbranched alkanes of at least 4 members (excludes halogenated alkanes) is 1. The number of hydrogen-bond acceptors (Lipinski definition) is 3. The van der Waals surface area contributed by atoms with Crippen molar-refractivity contribution in [2.24, 2.45) is 16.8 Å². The SMILES string of the molecule is CCNC(=NCCCCn1cnnc1)NCCC1CCCC(C)C1. The smallest absolute Gasteiger partial charge is 0.191 e. The summed E-state index contributed by atoms with van der Waals surface area (Å²) in [6.45, 7) is 8.28. The number of guanidine groups is 1. The first kappa shape index (κ1) is 18.7. The van der Waals surface area contributed by atoms with Crippen molar-refractivity contribution >= 4 is 5.96 Å². The fraction of sp³-hybridized carbons (Fsp3) is 0.833. The van der Waals surface area contributed by atoms with Crippen molar-refractivity contribution in [3.63, 3.8) is 0 Å². The first-order valence-electron chi connectivity index (χ1n) is 9.62. The van der Waals surface area contributed by atoms with E-state index in [0.717, 1.165) is 56.8 Å². The van der Waals surface area contributed by atoms with E-state index in [1.807, 2.05) is 4.57 Å². The fourth-order valence-electron chi connectivity index (χ4n) is 3.49. The molecule has 1 fully saturated rings. The lowest BCUT2D eigenvalue weighted by molar-refractivity contribution is 0.270. The van der Waals surface area contributed by atoms with Gasteiger partial charge in [0.15, 0.2) is 5.96 Å². The average molecular weight is 335 g/mol. The van der Waals surface area contributed by atoms with Crippen molar-refractivity contribution in [3.05, 3.63) is 12.7 Å². The normalized spacial score (nSPS) is 21.7. The Kier molecular flexibility index (Phi) is 8.63. The maximum atomic E-state index is 4.68. The molecule has 1 saturated carbocycles. The summed E-state index contributed by atoms with van der Waals surface area (Å²) in [5, 5.41) is 14.5. The van der Waals surface area contributed by atoms with Crippen LogP contribution in [0.25, 0.3) is 0 Å². The number of nitrogens with one attached hydrogen (secondary N) is 2. The van der Waals surface area contributed by atoms with Crippen molar-refractivity contribution < 1.29 is 0 Å². The Hall–Kier alpha value is -1.59. The molecule has 0 aliphatic heterocycles. The standard InChI is InChI=1S/C18H34N6/c1-3-19-18(20-10-4-5-12-24-14-22-23-15-24)21-11-9-17-8-6-7-16(2)13-17/h14-17H,3-13H2,1-2H3,(H2,19,20,21). The van der Waals surface area contributed by atoms with Gasteiger partial charge in [0.2, 0.25) is 0 Å². The molecule has 24 heavy (non-hydrogen) atoms. The molecule has 1 aliphatic carbocycles. The number of rotatable bonds is 9. The van der Waals surface area contributed by atoms with Gasteiger partial charge >= 0.3 is 0 Å². The molecule has 136 valence electrons. The molecule has 0 aromatic carbocycles. The summed E-state index contributed by atoms with van der Waals surface area (Å²) >= 11 is 0. The van der Waals surface area contributed by atoms with E-state index >= 15 is 0 Å². The van der Waals surface area contributed by atoms with E-state index < -0.39 is 0 Å². The molecule has 2 atom stereocenters. The van der Waals surface area contributed by atoms with Gasteiger partial charge in [0.1, 0.15) is 12.7 Å². The van der Waals surface area contributed by atoms with Crippen molar-refractivity contribution in [1.82, 2.24) is 25.4 Å². The average Bonchev–Trinajstić information content (AvgIpc) is 3.08. The lowest BCUT2D eigenvalue weighted by atomic mass is 9.81. The van der Waals surface area contributed by atoms with Gasteiger partial charge in [-0.05, 0) is 44.4 Å². The third-order valence-electron chi connectivity index (χ3n) is 4.80. The van der Waals surface area contributed by atoms with Gasteiger partial charge in [0.25, 0.3) is 0 Å². The van der Waals surface area contributed by atoms with Gasteiger partial charge in [-0.25, -0.2) is 0 Å². The third-order valence-corrected chi connectivity index (χ3v) is 4.80. The molecule has 1 aromatic heterocycles. The second-order valence-corrected chi connectivity index (χ2v) is 7.02. The van der Waals surface area contributed by atoms with Crippen molar-refractivity contribution in [3.8, 4) is 0 Å². The minimum absolute atomic E-state index is 0.859. The van der Waals surface area contributed by atoms with E-state index in [0.29, 0.717) is 0 Å². The van der Waals surface area contributed by atoms with E-state index in [9.17, 15) is 0 Å². The van der Waals surface area contributed by atoms with E-state index in [1.165, 1.54) is 32.1 Å². The first-order chi connectivity index (χ1) is 11.8. The molecule has 6 nitrogen and oxygen atoms in total. The first-order valence-corrected chi connectivity index (χ1v) is 9.62. The summed E-state index contributed by atoms with van der Waals surface area (Å²) in [6.07, 6.45) is 12.6. The zero-order valence-corrected chi connectivity index (χ0v) is 15.4. The van der Waals surface area contributed by atoms with Crippen LogP contribution in [-0.4, -0.2) is 40.4 Å². The molecule has 6 heteroatoms.